The second-order valence-electron chi connectivity index (χ2n) is 5.12. The van der Waals surface area contributed by atoms with Gasteiger partial charge in [-0.15, -0.1) is 35.3 Å². The number of nitrogens with zero attached hydrogens (tertiary/aromatic N) is 1. The molecule has 0 aliphatic rings. The molecule has 0 aliphatic carbocycles. The second-order valence-corrected chi connectivity index (χ2v) is 6.10. The number of rotatable bonds is 6. The van der Waals surface area contributed by atoms with Crippen molar-refractivity contribution < 1.29 is 4.39 Å². The van der Waals surface area contributed by atoms with Crippen LogP contribution in [0.1, 0.15) is 30.2 Å². The summed E-state index contributed by atoms with van der Waals surface area (Å²) < 4.78 is 13.2. The lowest BCUT2D eigenvalue weighted by Crippen LogP contribution is -2.39. The number of aliphatic imine (C=N–C) groups is 1. The highest BCUT2D eigenvalue weighted by atomic mass is 127. The summed E-state index contributed by atoms with van der Waals surface area (Å²) in [5, 5.41) is 8.65. The monoisotopic (exact) mass is 447 g/mol. The van der Waals surface area contributed by atoms with Gasteiger partial charge < -0.3 is 10.6 Å². The maximum atomic E-state index is 13.2. The molecule has 23 heavy (non-hydrogen) atoms. The maximum Gasteiger partial charge on any atom is 0.191 e. The number of nitrogens with one attached hydrogen (secondary N) is 2. The Morgan fingerprint density at radius 1 is 1.26 bits per heavy atom. The van der Waals surface area contributed by atoms with Crippen molar-refractivity contribution in [2.24, 2.45) is 4.99 Å². The fourth-order valence-electron chi connectivity index (χ4n) is 2.07. The average Bonchev–Trinajstić information content (AvgIpc) is 3.04. The van der Waals surface area contributed by atoms with Crippen LogP contribution in [0.4, 0.5) is 4.39 Å². The van der Waals surface area contributed by atoms with Crippen molar-refractivity contribution in [3.05, 3.63) is 58.0 Å². The van der Waals surface area contributed by atoms with Gasteiger partial charge in [-0.2, -0.15) is 0 Å². The Labute approximate surface area is 158 Å². The summed E-state index contributed by atoms with van der Waals surface area (Å²) >= 11 is 1.77. The molecule has 0 bridgehead atoms. The zero-order valence-corrected chi connectivity index (χ0v) is 16.5. The van der Waals surface area contributed by atoms with Crippen molar-refractivity contribution in [3.63, 3.8) is 0 Å². The van der Waals surface area contributed by atoms with Crippen LogP contribution in [-0.2, 0) is 6.54 Å². The molecule has 0 spiro atoms. The molecular weight excluding hydrogens is 424 g/mol. The minimum Gasteiger partial charge on any atom is -0.357 e. The van der Waals surface area contributed by atoms with Gasteiger partial charge in [0, 0.05) is 23.9 Å². The molecule has 0 aliphatic heterocycles. The predicted molar refractivity (Wildman–Crippen MR) is 107 cm³/mol. The van der Waals surface area contributed by atoms with Crippen molar-refractivity contribution in [1.29, 1.82) is 0 Å². The molecule has 2 N–H and O–H groups in total. The standard InChI is InChI=1S/C17H22FN3S.HI/c1-3-19-17(20-11-13(2)16-8-5-9-22-16)21-12-14-6-4-7-15(18)10-14;/h4-10,13H,3,11-12H2,1-2H3,(H2,19,20,21);1H. The van der Waals surface area contributed by atoms with Gasteiger partial charge in [0.05, 0.1) is 6.54 Å². The van der Waals surface area contributed by atoms with Crippen LogP contribution in [0.5, 0.6) is 0 Å². The molecule has 1 aromatic carbocycles. The molecule has 3 nitrogen and oxygen atoms in total. The molecule has 126 valence electrons. The van der Waals surface area contributed by atoms with Gasteiger partial charge in [0.15, 0.2) is 5.96 Å². The molecule has 0 amide bonds. The maximum absolute atomic E-state index is 13.2. The zero-order chi connectivity index (χ0) is 15.8. The van der Waals surface area contributed by atoms with Crippen LogP contribution in [-0.4, -0.2) is 19.0 Å². The number of benzene rings is 1. The van der Waals surface area contributed by atoms with Gasteiger partial charge in [0.25, 0.3) is 0 Å². The fraction of sp³-hybridized carbons (Fsp3) is 0.353. The van der Waals surface area contributed by atoms with Crippen molar-refractivity contribution in [2.75, 3.05) is 13.1 Å². The lowest BCUT2D eigenvalue weighted by Gasteiger charge is -2.15. The molecular formula is C17H23FIN3S. The van der Waals surface area contributed by atoms with Crippen LogP contribution in [0.2, 0.25) is 0 Å². The zero-order valence-electron chi connectivity index (χ0n) is 13.4. The van der Waals surface area contributed by atoms with E-state index in [-0.39, 0.29) is 29.8 Å². The first kappa shape index (κ1) is 19.9. The topological polar surface area (TPSA) is 36.4 Å². The Balaban J connectivity index is 0.00000264. The molecule has 1 heterocycles. The minimum absolute atomic E-state index is 0. The summed E-state index contributed by atoms with van der Waals surface area (Å²) in [6.45, 7) is 6.29. The van der Waals surface area contributed by atoms with E-state index in [0.717, 1.165) is 24.6 Å². The molecule has 1 unspecified atom stereocenters. The van der Waals surface area contributed by atoms with E-state index in [1.54, 1.807) is 17.4 Å². The molecule has 1 aromatic heterocycles. The van der Waals surface area contributed by atoms with E-state index >= 15 is 0 Å². The van der Waals surface area contributed by atoms with Crippen molar-refractivity contribution >= 4 is 41.3 Å². The first-order valence-electron chi connectivity index (χ1n) is 7.49. The van der Waals surface area contributed by atoms with Crippen molar-refractivity contribution in [3.8, 4) is 0 Å². The minimum atomic E-state index is -0.225. The van der Waals surface area contributed by atoms with Crippen LogP contribution in [0.25, 0.3) is 0 Å². The lowest BCUT2D eigenvalue weighted by molar-refractivity contribution is 0.625. The Hall–Kier alpha value is -1.15. The van der Waals surface area contributed by atoms with Crippen molar-refractivity contribution in [1.82, 2.24) is 10.6 Å². The lowest BCUT2D eigenvalue weighted by atomic mass is 10.1. The van der Waals surface area contributed by atoms with Crippen molar-refractivity contribution in [2.45, 2.75) is 26.3 Å². The molecule has 6 heteroatoms. The number of hydrogen-bond donors (Lipinski definition) is 2. The third-order valence-electron chi connectivity index (χ3n) is 3.26. The molecule has 0 saturated carbocycles. The normalized spacial score (nSPS) is 12.4. The third kappa shape index (κ3) is 6.87. The van der Waals surface area contributed by atoms with Crippen LogP contribution < -0.4 is 10.6 Å². The molecule has 0 radical (unpaired) electrons. The SMILES string of the molecule is CCNC(=NCc1cccc(F)c1)NCC(C)c1cccs1.I. The molecule has 2 aromatic rings. The van der Waals surface area contributed by atoms with Gasteiger partial charge in [-0.3, -0.25) is 0 Å². The Morgan fingerprint density at radius 2 is 2.09 bits per heavy atom. The van der Waals surface area contributed by atoms with Crippen LogP contribution in [0, 0.1) is 5.82 Å². The smallest absolute Gasteiger partial charge is 0.191 e. The van der Waals surface area contributed by atoms with E-state index in [1.807, 2.05) is 13.0 Å². The molecule has 2 rings (SSSR count). The molecule has 0 fully saturated rings. The highest BCUT2D eigenvalue weighted by Gasteiger charge is 2.07. The van der Waals surface area contributed by atoms with E-state index in [1.165, 1.54) is 17.0 Å². The first-order chi connectivity index (χ1) is 10.7. The van der Waals surface area contributed by atoms with Crippen LogP contribution in [0.3, 0.4) is 0 Å². The van der Waals surface area contributed by atoms with Gasteiger partial charge in [-0.05, 0) is 36.1 Å². The quantitative estimate of drug-likeness (QED) is 0.392. The molecule has 1 atom stereocenters. The number of thiophene rings is 1. The summed E-state index contributed by atoms with van der Waals surface area (Å²) in [6, 6.07) is 10.8. The Morgan fingerprint density at radius 3 is 2.74 bits per heavy atom. The van der Waals surface area contributed by atoms with Gasteiger partial charge in [-0.25, -0.2) is 9.38 Å². The van der Waals surface area contributed by atoms with E-state index in [4.69, 9.17) is 0 Å². The summed E-state index contributed by atoms with van der Waals surface area (Å²) in [5.41, 5.74) is 0.864. The molecule has 0 saturated heterocycles. The third-order valence-corrected chi connectivity index (χ3v) is 4.36. The fourth-order valence-corrected chi connectivity index (χ4v) is 2.86. The van der Waals surface area contributed by atoms with Gasteiger partial charge in [0.2, 0.25) is 0 Å². The van der Waals surface area contributed by atoms with Gasteiger partial charge in [-0.1, -0.05) is 25.1 Å². The highest BCUT2D eigenvalue weighted by Crippen LogP contribution is 2.19. The summed E-state index contributed by atoms with van der Waals surface area (Å²) in [7, 11) is 0. The van der Waals surface area contributed by atoms with E-state index < -0.39 is 0 Å². The van der Waals surface area contributed by atoms with Crippen LogP contribution in [0.15, 0.2) is 46.8 Å². The average molecular weight is 447 g/mol. The van der Waals surface area contributed by atoms with E-state index in [0.29, 0.717) is 12.5 Å². The number of guanidine groups is 1. The Kier molecular flexibility index (Phi) is 9.16. The second kappa shape index (κ2) is 10.6. The Bertz CT molecular complexity index is 602. The summed E-state index contributed by atoms with van der Waals surface area (Å²) in [5.74, 6) is 0.963. The van der Waals surface area contributed by atoms with E-state index in [9.17, 15) is 4.39 Å². The van der Waals surface area contributed by atoms with Gasteiger partial charge in [0.1, 0.15) is 5.82 Å². The summed E-state index contributed by atoms with van der Waals surface area (Å²) in [6.07, 6.45) is 0. The largest absolute Gasteiger partial charge is 0.357 e. The number of hydrogen-bond acceptors (Lipinski definition) is 2. The van der Waals surface area contributed by atoms with Crippen LogP contribution >= 0.6 is 35.3 Å². The highest BCUT2D eigenvalue weighted by molar-refractivity contribution is 14.0. The summed E-state index contributed by atoms with van der Waals surface area (Å²) in [4.78, 5) is 5.86. The first-order valence-corrected chi connectivity index (χ1v) is 8.37. The number of halogens is 2. The van der Waals surface area contributed by atoms with E-state index in [2.05, 4.69) is 40.1 Å². The van der Waals surface area contributed by atoms with Gasteiger partial charge >= 0.3 is 0 Å². The predicted octanol–water partition coefficient (Wildman–Crippen LogP) is 4.36.